The molecule has 4 rings (SSSR count). The van der Waals surface area contributed by atoms with Gasteiger partial charge in [0.25, 0.3) is 0 Å². The number of piperidine rings is 1. The number of hydrogen-bond donors (Lipinski definition) is 2. The Kier molecular flexibility index (Phi) is 5.11. The van der Waals surface area contributed by atoms with Gasteiger partial charge in [0.15, 0.2) is 11.5 Å². The Labute approximate surface area is 160 Å². The molecule has 0 unspecified atom stereocenters. The molecule has 152 valence electrons. The summed E-state index contributed by atoms with van der Waals surface area (Å²) in [6, 6.07) is 0.0480. The van der Waals surface area contributed by atoms with Crippen molar-refractivity contribution in [2.24, 2.45) is 5.92 Å². The zero-order valence-corrected chi connectivity index (χ0v) is 15.4. The highest BCUT2D eigenvalue weighted by Crippen LogP contribution is 2.31. The Morgan fingerprint density at radius 3 is 2.50 bits per heavy atom. The third-order valence-electron chi connectivity index (χ3n) is 5.64. The first-order valence-corrected chi connectivity index (χ1v) is 9.75. The first-order valence-electron chi connectivity index (χ1n) is 9.75. The SMILES string of the molecule is O=C(NC1CCN(c2nc(C(F)(F)F)nc3nc[nH]c23)CC1)C1CCCCC1. The van der Waals surface area contributed by atoms with Crippen molar-refractivity contribution in [3.05, 3.63) is 12.2 Å². The molecular formula is C18H23F3N6O. The van der Waals surface area contributed by atoms with E-state index in [1.165, 1.54) is 12.7 Å². The second-order valence-electron chi connectivity index (χ2n) is 7.57. The first-order chi connectivity index (χ1) is 13.4. The number of carbonyl (C=O) groups is 1. The Morgan fingerprint density at radius 1 is 1.11 bits per heavy atom. The van der Waals surface area contributed by atoms with Crippen molar-refractivity contribution < 1.29 is 18.0 Å². The molecule has 2 aromatic rings. The number of hydrogen-bond acceptors (Lipinski definition) is 5. The number of rotatable bonds is 3. The smallest absolute Gasteiger partial charge is 0.355 e. The molecule has 7 nitrogen and oxygen atoms in total. The van der Waals surface area contributed by atoms with Gasteiger partial charge in [0, 0.05) is 25.0 Å². The van der Waals surface area contributed by atoms with Gasteiger partial charge in [0.1, 0.15) is 5.52 Å². The topological polar surface area (TPSA) is 86.8 Å². The van der Waals surface area contributed by atoms with E-state index in [4.69, 9.17) is 0 Å². The van der Waals surface area contributed by atoms with E-state index in [1.807, 2.05) is 0 Å². The molecule has 0 aromatic carbocycles. The van der Waals surface area contributed by atoms with Crippen molar-refractivity contribution in [1.29, 1.82) is 0 Å². The third-order valence-corrected chi connectivity index (χ3v) is 5.64. The molecule has 2 N–H and O–H groups in total. The lowest BCUT2D eigenvalue weighted by Gasteiger charge is -2.34. The van der Waals surface area contributed by atoms with Gasteiger partial charge < -0.3 is 15.2 Å². The number of nitrogens with zero attached hydrogens (tertiary/aromatic N) is 4. The lowest BCUT2D eigenvalue weighted by molar-refractivity contribution is -0.144. The summed E-state index contributed by atoms with van der Waals surface area (Å²) in [6.45, 7) is 1.02. The average molecular weight is 396 g/mol. The molecule has 1 aliphatic heterocycles. The number of anilines is 1. The summed E-state index contributed by atoms with van der Waals surface area (Å²) in [7, 11) is 0. The summed E-state index contributed by atoms with van der Waals surface area (Å²) in [4.78, 5) is 28.2. The summed E-state index contributed by atoms with van der Waals surface area (Å²) in [6.07, 6.45) is 3.32. The van der Waals surface area contributed by atoms with Gasteiger partial charge in [-0.15, -0.1) is 0 Å². The number of imidazole rings is 1. The van der Waals surface area contributed by atoms with Crippen molar-refractivity contribution in [2.45, 2.75) is 57.2 Å². The highest BCUT2D eigenvalue weighted by molar-refractivity contribution is 5.83. The molecule has 2 fully saturated rings. The minimum atomic E-state index is -4.63. The van der Waals surface area contributed by atoms with Crippen LogP contribution in [0, 0.1) is 5.92 Å². The second-order valence-corrected chi connectivity index (χ2v) is 7.57. The number of aromatic nitrogens is 4. The van der Waals surface area contributed by atoms with Crippen LogP contribution in [0.5, 0.6) is 0 Å². The molecule has 0 atom stereocenters. The number of halogens is 3. The lowest BCUT2D eigenvalue weighted by Crippen LogP contribution is -2.47. The van der Waals surface area contributed by atoms with E-state index in [9.17, 15) is 18.0 Å². The molecule has 3 heterocycles. The van der Waals surface area contributed by atoms with Gasteiger partial charge in [-0.1, -0.05) is 19.3 Å². The highest BCUT2D eigenvalue weighted by Gasteiger charge is 2.37. The van der Waals surface area contributed by atoms with E-state index in [0.717, 1.165) is 25.7 Å². The number of alkyl halides is 3. The van der Waals surface area contributed by atoms with Crippen LogP contribution in [0.25, 0.3) is 11.2 Å². The summed E-state index contributed by atoms with van der Waals surface area (Å²) in [5, 5.41) is 3.13. The van der Waals surface area contributed by atoms with E-state index in [0.29, 0.717) is 31.4 Å². The Hall–Kier alpha value is -2.39. The molecule has 2 aliphatic rings. The maximum absolute atomic E-state index is 13.1. The zero-order valence-electron chi connectivity index (χ0n) is 15.4. The minimum Gasteiger partial charge on any atom is -0.355 e. The number of fused-ring (bicyclic) bond motifs is 1. The van der Waals surface area contributed by atoms with Crippen molar-refractivity contribution in [3.63, 3.8) is 0 Å². The quantitative estimate of drug-likeness (QED) is 0.833. The average Bonchev–Trinajstić information content (AvgIpc) is 3.17. The van der Waals surface area contributed by atoms with Crippen molar-refractivity contribution >= 4 is 22.9 Å². The van der Waals surface area contributed by atoms with Crippen LogP contribution in [0.4, 0.5) is 19.0 Å². The van der Waals surface area contributed by atoms with Crippen LogP contribution >= 0.6 is 0 Å². The molecule has 1 saturated carbocycles. The van der Waals surface area contributed by atoms with E-state index >= 15 is 0 Å². The molecule has 0 bridgehead atoms. The molecule has 28 heavy (non-hydrogen) atoms. The van der Waals surface area contributed by atoms with E-state index in [-0.39, 0.29) is 29.3 Å². The standard InChI is InChI=1S/C18H23F3N6O/c19-18(20,21)17-25-14-13(22-10-23-14)15(26-17)27-8-6-12(7-9-27)24-16(28)11-4-2-1-3-5-11/h10-12H,1-9H2,(H,24,28)(H,22,23,25,26). The summed E-state index contributed by atoms with van der Waals surface area (Å²) in [5.41, 5.74) is 0.405. The van der Waals surface area contributed by atoms with Crippen molar-refractivity contribution in [2.75, 3.05) is 18.0 Å². The number of amides is 1. The van der Waals surface area contributed by atoms with Crippen LogP contribution in [0.3, 0.4) is 0 Å². The number of carbonyl (C=O) groups excluding carboxylic acids is 1. The normalized spacial score (nSPS) is 19.9. The number of nitrogens with one attached hydrogen (secondary N) is 2. The van der Waals surface area contributed by atoms with Gasteiger partial charge in [-0.3, -0.25) is 4.79 Å². The predicted molar refractivity (Wildman–Crippen MR) is 96.6 cm³/mol. The molecule has 1 saturated heterocycles. The van der Waals surface area contributed by atoms with Crippen LogP contribution in [0.15, 0.2) is 6.33 Å². The molecule has 1 amide bonds. The van der Waals surface area contributed by atoms with Gasteiger partial charge in [0.2, 0.25) is 11.7 Å². The fraction of sp³-hybridized carbons (Fsp3) is 0.667. The van der Waals surface area contributed by atoms with Crippen LogP contribution in [0.2, 0.25) is 0 Å². The Morgan fingerprint density at radius 2 is 1.82 bits per heavy atom. The Bertz CT molecular complexity index is 837. The largest absolute Gasteiger partial charge is 0.451 e. The monoisotopic (exact) mass is 396 g/mol. The highest BCUT2D eigenvalue weighted by atomic mass is 19.4. The van der Waals surface area contributed by atoms with E-state index < -0.39 is 12.0 Å². The van der Waals surface area contributed by atoms with Gasteiger partial charge in [-0.25, -0.2) is 15.0 Å². The number of aromatic amines is 1. The molecule has 2 aromatic heterocycles. The minimum absolute atomic E-state index is 0.00468. The van der Waals surface area contributed by atoms with E-state index in [2.05, 4.69) is 25.3 Å². The third kappa shape index (κ3) is 3.90. The lowest BCUT2D eigenvalue weighted by atomic mass is 9.88. The predicted octanol–water partition coefficient (Wildman–Crippen LogP) is 3.04. The van der Waals surface area contributed by atoms with Crippen molar-refractivity contribution in [1.82, 2.24) is 25.3 Å². The van der Waals surface area contributed by atoms with Crippen LogP contribution in [0.1, 0.15) is 50.8 Å². The molecule has 0 radical (unpaired) electrons. The van der Waals surface area contributed by atoms with Crippen LogP contribution in [-0.4, -0.2) is 45.0 Å². The number of H-pyrrole nitrogens is 1. The van der Waals surface area contributed by atoms with Gasteiger partial charge in [0.05, 0.1) is 6.33 Å². The van der Waals surface area contributed by atoms with Gasteiger partial charge >= 0.3 is 6.18 Å². The fourth-order valence-electron chi connectivity index (χ4n) is 4.09. The van der Waals surface area contributed by atoms with E-state index in [1.54, 1.807) is 4.90 Å². The maximum Gasteiger partial charge on any atom is 0.451 e. The molecule has 1 aliphatic carbocycles. The first kappa shape index (κ1) is 18.9. The van der Waals surface area contributed by atoms with Crippen LogP contribution in [-0.2, 0) is 11.0 Å². The molecule has 0 spiro atoms. The van der Waals surface area contributed by atoms with Crippen molar-refractivity contribution in [3.8, 4) is 0 Å². The van der Waals surface area contributed by atoms with Crippen LogP contribution < -0.4 is 10.2 Å². The Balaban J connectivity index is 1.43. The second kappa shape index (κ2) is 7.56. The summed E-state index contributed by atoms with van der Waals surface area (Å²) >= 11 is 0. The molecular weight excluding hydrogens is 373 g/mol. The van der Waals surface area contributed by atoms with Gasteiger partial charge in [-0.05, 0) is 25.7 Å². The molecule has 10 heteroatoms. The van der Waals surface area contributed by atoms with Gasteiger partial charge in [-0.2, -0.15) is 13.2 Å². The zero-order chi connectivity index (χ0) is 19.7. The summed E-state index contributed by atoms with van der Waals surface area (Å²) < 4.78 is 39.4. The maximum atomic E-state index is 13.1. The fourth-order valence-corrected chi connectivity index (χ4v) is 4.09. The summed E-state index contributed by atoms with van der Waals surface area (Å²) in [5.74, 6) is -0.746.